The van der Waals surface area contributed by atoms with Gasteiger partial charge >= 0.3 is 0 Å². The van der Waals surface area contributed by atoms with Crippen LogP contribution in [0.2, 0.25) is 0 Å². The van der Waals surface area contributed by atoms with E-state index in [0.717, 1.165) is 50.6 Å². The molecule has 0 aromatic carbocycles. The van der Waals surface area contributed by atoms with Crippen molar-refractivity contribution in [2.75, 3.05) is 24.6 Å². The molecular formula is C16H26N4O. The quantitative estimate of drug-likeness (QED) is 0.833. The van der Waals surface area contributed by atoms with Crippen LogP contribution >= 0.6 is 0 Å². The Balaban J connectivity index is 1.52. The average Bonchev–Trinajstić information content (AvgIpc) is 3.36. The van der Waals surface area contributed by atoms with Gasteiger partial charge in [-0.2, -0.15) is 5.10 Å². The van der Waals surface area contributed by atoms with Gasteiger partial charge in [0.1, 0.15) is 0 Å². The summed E-state index contributed by atoms with van der Waals surface area (Å²) >= 11 is 0. The van der Waals surface area contributed by atoms with Gasteiger partial charge in [0, 0.05) is 32.3 Å². The molecule has 1 atom stereocenters. The molecule has 5 nitrogen and oxygen atoms in total. The van der Waals surface area contributed by atoms with Crippen molar-refractivity contribution in [1.82, 2.24) is 15.5 Å². The Morgan fingerprint density at radius 1 is 1.29 bits per heavy atom. The lowest BCUT2D eigenvalue weighted by Gasteiger charge is -2.33. The van der Waals surface area contributed by atoms with Crippen molar-refractivity contribution in [3.8, 4) is 0 Å². The third kappa shape index (κ3) is 4.38. The van der Waals surface area contributed by atoms with Crippen LogP contribution in [0.4, 0.5) is 5.82 Å². The number of aromatic nitrogens is 2. The number of nitrogens with zero attached hydrogens (tertiary/aromatic N) is 3. The van der Waals surface area contributed by atoms with Gasteiger partial charge in [0.15, 0.2) is 5.82 Å². The molecule has 116 valence electrons. The van der Waals surface area contributed by atoms with E-state index in [4.69, 9.17) is 4.74 Å². The number of nitrogens with one attached hydrogen (secondary N) is 1. The van der Waals surface area contributed by atoms with Crippen molar-refractivity contribution < 1.29 is 4.74 Å². The standard InChI is InChI=1S/C16H26N4O/c1-2-10-21-15-4-3-9-20(12-15)16-8-7-14(18-19-16)11-17-13-5-6-13/h7-8,13,15,17H,2-6,9-12H2,1H3. The van der Waals surface area contributed by atoms with Crippen molar-refractivity contribution in [2.24, 2.45) is 0 Å². The Morgan fingerprint density at radius 3 is 2.90 bits per heavy atom. The molecule has 1 aliphatic carbocycles. The second-order valence-electron chi connectivity index (χ2n) is 6.12. The molecule has 0 bridgehead atoms. The number of hydrogen-bond donors (Lipinski definition) is 1. The molecule has 2 heterocycles. The van der Waals surface area contributed by atoms with E-state index >= 15 is 0 Å². The van der Waals surface area contributed by atoms with Crippen LogP contribution in [0.25, 0.3) is 0 Å². The van der Waals surface area contributed by atoms with Crippen molar-refractivity contribution in [2.45, 2.75) is 57.7 Å². The first-order valence-corrected chi connectivity index (χ1v) is 8.27. The smallest absolute Gasteiger partial charge is 0.151 e. The number of piperidine rings is 1. The van der Waals surface area contributed by atoms with Crippen LogP contribution in [0.15, 0.2) is 12.1 Å². The minimum absolute atomic E-state index is 0.344. The lowest BCUT2D eigenvalue weighted by molar-refractivity contribution is 0.0439. The van der Waals surface area contributed by atoms with E-state index in [1.54, 1.807) is 0 Å². The maximum atomic E-state index is 5.88. The highest BCUT2D eigenvalue weighted by atomic mass is 16.5. The van der Waals surface area contributed by atoms with Crippen LogP contribution in [0.3, 0.4) is 0 Å². The number of hydrogen-bond acceptors (Lipinski definition) is 5. The molecule has 1 N–H and O–H groups in total. The minimum Gasteiger partial charge on any atom is -0.376 e. The number of anilines is 1. The van der Waals surface area contributed by atoms with Crippen LogP contribution in [0.5, 0.6) is 0 Å². The van der Waals surface area contributed by atoms with Gasteiger partial charge in [0.2, 0.25) is 0 Å². The second-order valence-corrected chi connectivity index (χ2v) is 6.12. The minimum atomic E-state index is 0.344. The van der Waals surface area contributed by atoms with Gasteiger partial charge in [-0.25, -0.2) is 0 Å². The highest BCUT2D eigenvalue weighted by Crippen LogP contribution is 2.20. The molecular weight excluding hydrogens is 264 g/mol. The first-order valence-electron chi connectivity index (χ1n) is 8.27. The lowest BCUT2D eigenvalue weighted by Crippen LogP contribution is -2.40. The maximum Gasteiger partial charge on any atom is 0.151 e. The molecule has 0 radical (unpaired) electrons. The molecule has 1 aromatic rings. The zero-order valence-corrected chi connectivity index (χ0v) is 12.9. The molecule has 2 fully saturated rings. The molecule has 1 aromatic heterocycles. The van der Waals surface area contributed by atoms with Crippen molar-refractivity contribution in [1.29, 1.82) is 0 Å². The first kappa shape index (κ1) is 14.7. The van der Waals surface area contributed by atoms with E-state index in [9.17, 15) is 0 Å². The van der Waals surface area contributed by atoms with Crippen LogP contribution in [0, 0.1) is 0 Å². The third-order valence-corrected chi connectivity index (χ3v) is 4.11. The predicted octanol–water partition coefficient (Wildman–Crippen LogP) is 2.12. The van der Waals surface area contributed by atoms with Gasteiger partial charge in [-0.1, -0.05) is 6.92 Å². The van der Waals surface area contributed by atoms with E-state index < -0.39 is 0 Å². The van der Waals surface area contributed by atoms with Gasteiger partial charge in [-0.3, -0.25) is 0 Å². The molecule has 1 saturated carbocycles. The summed E-state index contributed by atoms with van der Waals surface area (Å²) in [5, 5.41) is 12.2. The molecule has 1 unspecified atom stereocenters. The summed E-state index contributed by atoms with van der Waals surface area (Å²) in [5.41, 5.74) is 1.03. The SMILES string of the molecule is CCCOC1CCCN(c2ccc(CNC3CC3)nn2)C1. The molecule has 1 saturated heterocycles. The van der Waals surface area contributed by atoms with E-state index in [0.29, 0.717) is 12.1 Å². The van der Waals surface area contributed by atoms with Gasteiger partial charge in [-0.05, 0) is 44.2 Å². The maximum absolute atomic E-state index is 5.88. The third-order valence-electron chi connectivity index (χ3n) is 4.11. The Kier molecular flexibility index (Phi) is 5.04. The topological polar surface area (TPSA) is 50.3 Å². The Morgan fingerprint density at radius 2 is 2.19 bits per heavy atom. The van der Waals surface area contributed by atoms with E-state index in [2.05, 4.69) is 39.5 Å². The predicted molar refractivity (Wildman–Crippen MR) is 83.4 cm³/mol. The van der Waals surface area contributed by atoms with Crippen LogP contribution in [-0.2, 0) is 11.3 Å². The summed E-state index contributed by atoms with van der Waals surface area (Å²) in [6.45, 7) is 5.84. The molecule has 5 heteroatoms. The van der Waals surface area contributed by atoms with E-state index in [1.165, 1.54) is 19.3 Å². The summed E-state index contributed by atoms with van der Waals surface area (Å²) in [6, 6.07) is 4.90. The van der Waals surface area contributed by atoms with Gasteiger partial charge in [0.25, 0.3) is 0 Å². The summed E-state index contributed by atoms with van der Waals surface area (Å²) in [7, 11) is 0. The van der Waals surface area contributed by atoms with Gasteiger partial charge in [0.05, 0.1) is 11.8 Å². The van der Waals surface area contributed by atoms with Crippen molar-refractivity contribution in [3.63, 3.8) is 0 Å². The van der Waals surface area contributed by atoms with Crippen LogP contribution in [0.1, 0.15) is 44.7 Å². The summed E-state index contributed by atoms with van der Waals surface area (Å²) in [4.78, 5) is 2.30. The number of rotatable bonds is 7. The zero-order valence-electron chi connectivity index (χ0n) is 12.9. The monoisotopic (exact) mass is 290 g/mol. The highest BCUT2D eigenvalue weighted by molar-refractivity contribution is 5.38. The molecule has 3 rings (SSSR count). The molecule has 0 amide bonds. The number of ether oxygens (including phenoxy) is 1. The fourth-order valence-electron chi connectivity index (χ4n) is 2.72. The summed E-state index contributed by atoms with van der Waals surface area (Å²) in [5.74, 6) is 0.981. The van der Waals surface area contributed by atoms with E-state index in [1.807, 2.05) is 0 Å². The Hall–Kier alpha value is -1.20. The molecule has 1 aliphatic heterocycles. The Bertz CT molecular complexity index is 432. The largest absolute Gasteiger partial charge is 0.376 e. The first-order chi connectivity index (χ1) is 10.3. The highest BCUT2D eigenvalue weighted by Gasteiger charge is 2.22. The Labute approximate surface area is 127 Å². The normalized spacial score (nSPS) is 22.5. The zero-order chi connectivity index (χ0) is 14.5. The molecule has 2 aliphatic rings. The second kappa shape index (κ2) is 7.18. The fourth-order valence-corrected chi connectivity index (χ4v) is 2.72. The van der Waals surface area contributed by atoms with Crippen LogP contribution in [-0.4, -0.2) is 42.0 Å². The van der Waals surface area contributed by atoms with Crippen molar-refractivity contribution >= 4 is 5.82 Å². The van der Waals surface area contributed by atoms with Crippen molar-refractivity contribution in [3.05, 3.63) is 17.8 Å². The molecule has 0 spiro atoms. The van der Waals surface area contributed by atoms with Gasteiger partial charge < -0.3 is 15.0 Å². The van der Waals surface area contributed by atoms with E-state index in [-0.39, 0.29) is 0 Å². The van der Waals surface area contributed by atoms with Crippen LogP contribution < -0.4 is 10.2 Å². The summed E-state index contributed by atoms with van der Waals surface area (Å²) in [6.07, 6.45) is 6.36. The molecule has 21 heavy (non-hydrogen) atoms. The van der Waals surface area contributed by atoms with Gasteiger partial charge in [-0.15, -0.1) is 5.10 Å². The summed E-state index contributed by atoms with van der Waals surface area (Å²) < 4.78 is 5.88. The lowest BCUT2D eigenvalue weighted by atomic mass is 10.1. The fraction of sp³-hybridized carbons (Fsp3) is 0.750. The average molecular weight is 290 g/mol.